The van der Waals surface area contributed by atoms with Gasteiger partial charge in [0.05, 0.1) is 24.5 Å². The molecule has 3 heterocycles. The number of nitrogens with zero attached hydrogens (tertiary/aromatic N) is 6. The number of methoxy groups -OCH3 is 1. The van der Waals surface area contributed by atoms with E-state index in [0.29, 0.717) is 36.3 Å². The number of nitrogens with one attached hydrogen (secondary N) is 1. The lowest BCUT2D eigenvalue weighted by molar-refractivity contribution is 0.151. The predicted octanol–water partition coefficient (Wildman–Crippen LogP) is 6.09. The van der Waals surface area contributed by atoms with E-state index >= 15 is 0 Å². The minimum absolute atomic E-state index is 0.0199. The summed E-state index contributed by atoms with van der Waals surface area (Å²) in [5, 5.41) is 4.17. The lowest BCUT2D eigenvalue weighted by Crippen LogP contribution is -2.29. The van der Waals surface area contributed by atoms with E-state index in [4.69, 9.17) is 4.74 Å². The zero-order valence-electron chi connectivity index (χ0n) is 23.0. The molecule has 1 atom stereocenters. The molecule has 1 fully saturated rings. The van der Waals surface area contributed by atoms with Crippen molar-refractivity contribution in [2.24, 2.45) is 0 Å². The fourth-order valence-corrected chi connectivity index (χ4v) is 4.79. The van der Waals surface area contributed by atoms with Crippen LogP contribution in [-0.2, 0) is 0 Å². The van der Waals surface area contributed by atoms with Gasteiger partial charge in [0.15, 0.2) is 0 Å². The Morgan fingerprint density at radius 1 is 1.05 bits per heavy atom. The van der Waals surface area contributed by atoms with Crippen LogP contribution in [-0.4, -0.2) is 60.2 Å². The van der Waals surface area contributed by atoms with Crippen molar-refractivity contribution in [2.75, 3.05) is 49.4 Å². The minimum atomic E-state index is -2.54. The smallest absolute Gasteiger partial charge is 0.324 e. The number of pyridine rings is 1. The summed E-state index contributed by atoms with van der Waals surface area (Å²) < 4.78 is 32.0. The Balaban J connectivity index is 1.49. The second-order valence-corrected chi connectivity index (χ2v) is 9.79. The van der Waals surface area contributed by atoms with Crippen molar-refractivity contribution in [1.82, 2.24) is 19.9 Å². The first kappa shape index (κ1) is 27.0. The Kier molecular flexibility index (Phi) is 7.38. The van der Waals surface area contributed by atoms with Gasteiger partial charge in [-0.15, -0.1) is 0 Å². The Labute approximate surface area is 231 Å². The molecule has 0 spiro atoms. The lowest BCUT2D eigenvalue weighted by atomic mass is 10.0. The molecule has 1 aliphatic rings. The van der Waals surface area contributed by atoms with Crippen LogP contribution in [0.2, 0.25) is 0 Å². The molecule has 1 saturated heterocycles. The summed E-state index contributed by atoms with van der Waals surface area (Å²) in [6.07, 6.45) is -0.843. The number of likely N-dealkylation sites (N-methyl/N-ethyl adjacent to an activating group) is 1. The molecule has 4 aromatic rings. The van der Waals surface area contributed by atoms with Gasteiger partial charge >= 0.3 is 6.03 Å². The first-order valence-electron chi connectivity index (χ1n) is 12.9. The summed E-state index contributed by atoms with van der Waals surface area (Å²) in [5.74, 6) is 1.57. The molecule has 2 aromatic carbocycles. The number of rotatable bonds is 8. The van der Waals surface area contributed by atoms with Gasteiger partial charge in [-0.2, -0.15) is 0 Å². The van der Waals surface area contributed by atoms with Crippen molar-refractivity contribution in [2.45, 2.75) is 26.3 Å². The van der Waals surface area contributed by atoms with E-state index in [-0.39, 0.29) is 17.6 Å². The average Bonchev–Trinajstić information content (AvgIpc) is 3.29. The van der Waals surface area contributed by atoms with Crippen LogP contribution in [0.1, 0.15) is 36.3 Å². The van der Waals surface area contributed by atoms with E-state index in [1.807, 2.05) is 56.1 Å². The second-order valence-electron chi connectivity index (χ2n) is 9.79. The van der Waals surface area contributed by atoms with E-state index in [2.05, 4.69) is 20.3 Å². The number of amides is 2. The van der Waals surface area contributed by atoms with Crippen LogP contribution in [0.25, 0.3) is 10.9 Å². The highest BCUT2D eigenvalue weighted by Crippen LogP contribution is 2.36. The summed E-state index contributed by atoms with van der Waals surface area (Å²) in [4.78, 5) is 31.6. The summed E-state index contributed by atoms with van der Waals surface area (Å²) in [5.41, 5.74) is 3.67. The molecule has 9 nitrogen and oxygen atoms in total. The summed E-state index contributed by atoms with van der Waals surface area (Å²) in [7, 11) is 5.20. The van der Waals surface area contributed by atoms with Crippen LogP contribution in [0.3, 0.4) is 0 Å². The molecule has 0 unspecified atom stereocenters. The topological polar surface area (TPSA) is 86.7 Å². The van der Waals surface area contributed by atoms with Crippen molar-refractivity contribution >= 4 is 39.8 Å². The highest BCUT2D eigenvalue weighted by molar-refractivity contribution is 5.96. The summed E-state index contributed by atoms with van der Waals surface area (Å²) in [6.45, 7) is 4.88. The Bertz CT molecular complexity index is 1570. The van der Waals surface area contributed by atoms with Crippen molar-refractivity contribution in [3.63, 3.8) is 0 Å². The standard InChI is InChI=1S/C29H31F2N7O2/c1-17(19-7-6-8-20(13-19)26(30)31)33-27-23-14-21(9-10-24(23)34-18(2)35-27)37(4)22-15-25(28(40-5)32-16-22)38-12-11-36(3)29(38)39/h6-10,13-17,26H,11-12H2,1-5H3,(H,33,34,35)/t17-/m1/s1. The third-order valence-corrected chi connectivity index (χ3v) is 7.10. The number of hydrogen-bond acceptors (Lipinski definition) is 7. The molecule has 2 amide bonds. The molecule has 2 aromatic heterocycles. The fraction of sp³-hybridized carbons (Fsp3) is 0.310. The number of anilines is 4. The lowest BCUT2D eigenvalue weighted by Gasteiger charge is -2.24. The highest BCUT2D eigenvalue weighted by atomic mass is 19.3. The molecule has 11 heteroatoms. The maximum Gasteiger partial charge on any atom is 0.324 e. The van der Waals surface area contributed by atoms with Crippen molar-refractivity contribution in [3.8, 4) is 5.88 Å². The fourth-order valence-electron chi connectivity index (χ4n) is 4.79. The molecular weight excluding hydrogens is 516 g/mol. The van der Waals surface area contributed by atoms with Gasteiger partial charge in [0.25, 0.3) is 6.43 Å². The number of carbonyl (C=O) groups is 1. The summed E-state index contributed by atoms with van der Waals surface area (Å²) in [6, 6.07) is 13.7. The van der Waals surface area contributed by atoms with Crippen LogP contribution >= 0.6 is 0 Å². The van der Waals surface area contributed by atoms with E-state index in [9.17, 15) is 13.6 Å². The van der Waals surface area contributed by atoms with E-state index in [1.54, 1.807) is 29.1 Å². The molecule has 208 valence electrons. The molecule has 1 N–H and O–H groups in total. The third kappa shape index (κ3) is 5.18. The van der Waals surface area contributed by atoms with Crippen LogP contribution < -0.4 is 19.9 Å². The number of benzene rings is 2. The van der Waals surface area contributed by atoms with Gasteiger partial charge in [-0.25, -0.2) is 28.5 Å². The summed E-state index contributed by atoms with van der Waals surface area (Å²) >= 11 is 0. The van der Waals surface area contributed by atoms with Gasteiger partial charge < -0.3 is 19.9 Å². The Morgan fingerprint density at radius 2 is 1.82 bits per heavy atom. The van der Waals surface area contributed by atoms with Crippen molar-refractivity contribution < 1.29 is 18.3 Å². The number of halogens is 2. The molecule has 0 aliphatic carbocycles. The van der Waals surface area contributed by atoms with E-state index < -0.39 is 6.43 Å². The van der Waals surface area contributed by atoms with Crippen LogP contribution in [0.4, 0.5) is 36.5 Å². The van der Waals surface area contributed by atoms with Gasteiger partial charge in [-0.05, 0) is 49.7 Å². The molecule has 0 bridgehead atoms. The molecule has 0 radical (unpaired) electrons. The molecule has 40 heavy (non-hydrogen) atoms. The number of alkyl halides is 2. The van der Waals surface area contributed by atoms with Crippen LogP contribution in [0.5, 0.6) is 5.88 Å². The molecule has 5 rings (SSSR count). The Morgan fingerprint density at radius 3 is 2.52 bits per heavy atom. The van der Waals surface area contributed by atoms with Gasteiger partial charge in [0.1, 0.15) is 17.3 Å². The quantitative estimate of drug-likeness (QED) is 0.286. The molecular formula is C29H31F2N7O2. The predicted molar refractivity (Wildman–Crippen MR) is 152 cm³/mol. The number of urea groups is 1. The average molecular weight is 548 g/mol. The van der Waals surface area contributed by atoms with Gasteiger partial charge in [0, 0.05) is 49.9 Å². The maximum absolute atomic E-state index is 13.3. The maximum atomic E-state index is 13.3. The van der Waals surface area contributed by atoms with Crippen LogP contribution in [0, 0.1) is 6.92 Å². The normalized spacial score (nSPS) is 14.2. The van der Waals surface area contributed by atoms with Gasteiger partial charge in [0.2, 0.25) is 5.88 Å². The van der Waals surface area contributed by atoms with Gasteiger partial charge in [-0.3, -0.25) is 4.90 Å². The Hall–Kier alpha value is -4.54. The number of aryl methyl sites for hydroxylation is 1. The number of hydrogen-bond donors (Lipinski definition) is 1. The second kappa shape index (κ2) is 10.9. The van der Waals surface area contributed by atoms with Crippen molar-refractivity contribution in [1.29, 1.82) is 0 Å². The van der Waals surface area contributed by atoms with Crippen molar-refractivity contribution in [3.05, 3.63) is 71.7 Å². The minimum Gasteiger partial charge on any atom is -0.480 e. The zero-order valence-corrected chi connectivity index (χ0v) is 23.0. The number of carbonyl (C=O) groups excluding carboxylic acids is 1. The number of ether oxygens (including phenoxy) is 1. The number of fused-ring (bicyclic) bond motifs is 1. The van der Waals surface area contributed by atoms with Crippen LogP contribution in [0.15, 0.2) is 54.7 Å². The van der Waals surface area contributed by atoms with E-state index in [1.165, 1.54) is 19.2 Å². The van der Waals surface area contributed by atoms with Gasteiger partial charge in [-0.1, -0.05) is 18.2 Å². The molecule has 1 aliphatic heterocycles. The molecule has 0 saturated carbocycles. The zero-order chi connectivity index (χ0) is 28.6. The largest absolute Gasteiger partial charge is 0.480 e. The number of aromatic nitrogens is 3. The monoisotopic (exact) mass is 547 g/mol. The SMILES string of the molecule is COc1ncc(N(C)c2ccc3nc(C)nc(N[C@H](C)c4cccc(C(F)F)c4)c3c2)cc1N1CCN(C)C1=O. The van der Waals surface area contributed by atoms with E-state index in [0.717, 1.165) is 27.8 Å². The first-order chi connectivity index (χ1) is 19.2. The highest BCUT2D eigenvalue weighted by Gasteiger charge is 2.30. The third-order valence-electron chi connectivity index (χ3n) is 7.10. The first-order valence-corrected chi connectivity index (χ1v) is 12.9.